The maximum Gasteiger partial charge on any atom is 0.267 e. The molecule has 0 spiro atoms. The minimum absolute atomic E-state index is 0.188. The van der Waals surface area contributed by atoms with Crippen molar-refractivity contribution in [2.75, 3.05) is 5.32 Å². The Morgan fingerprint density at radius 1 is 1.31 bits per heavy atom. The average molecular weight is 229 g/mol. The van der Waals surface area contributed by atoms with Gasteiger partial charge in [0.1, 0.15) is 4.88 Å². The van der Waals surface area contributed by atoms with E-state index in [1.54, 1.807) is 36.5 Å². The fraction of sp³-hybridized carbons (Fsp3) is 0. The average Bonchev–Trinajstić information content (AvgIpc) is 2.83. The number of nitrogens with one attached hydrogen (secondary N) is 1. The smallest absolute Gasteiger partial charge is 0.267 e. The van der Waals surface area contributed by atoms with E-state index in [0.717, 1.165) is 11.5 Å². The number of nitrogens with zero attached hydrogens (tertiary/aromatic N) is 2. The highest BCUT2D eigenvalue weighted by Gasteiger charge is 2.07. The maximum absolute atomic E-state index is 11.6. The first kappa shape index (κ1) is 10.3. The molecule has 0 aliphatic rings. The summed E-state index contributed by atoms with van der Waals surface area (Å²) in [5, 5.41) is 11.3. The zero-order chi connectivity index (χ0) is 11.4. The van der Waals surface area contributed by atoms with Gasteiger partial charge >= 0.3 is 0 Å². The lowest BCUT2D eigenvalue weighted by Gasteiger charge is -2.02. The molecule has 0 saturated carbocycles. The van der Waals surface area contributed by atoms with E-state index in [1.165, 1.54) is 0 Å². The molecule has 1 heterocycles. The Morgan fingerprint density at radius 2 is 2.06 bits per heavy atom. The lowest BCUT2D eigenvalue weighted by atomic mass is 10.2. The second-order valence-corrected chi connectivity index (χ2v) is 3.85. The second kappa shape index (κ2) is 4.55. The van der Waals surface area contributed by atoms with Crippen LogP contribution in [0.15, 0.2) is 36.5 Å². The van der Waals surface area contributed by atoms with Crippen LogP contribution in [0.1, 0.15) is 15.2 Å². The Bertz CT molecular complexity index is 525. The Hall–Kier alpha value is -2.19. The maximum atomic E-state index is 11.6. The van der Waals surface area contributed by atoms with Crippen LogP contribution in [0.3, 0.4) is 0 Å². The molecule has 16 heavy (non-hydrogen) atoms. The minimum atomic E-state index is -0.188. The molecule has 0 bridgehead atoms. The lowest BCUT2D eigenvalue weighted by molar-refractivity contribution is 0.103. The van der Waals surface area contributed by atoms with E-state index < -0.39 is 0 Å². The zero-order valence-corrected chi connectivity index (χ0v) is 8.99. The fourth-order valence-corrected chi connectivity index (χ4v) is 1.64. The van der Waals surface area contributed by atoms with Crippen LogP contribution in [-0.2, 0) is 0 Å². The topological polar surface area (TPSA) is 65.8 Å². The van der Waals surface area contributed by atoms with E-state index in [-0.39, 0.29) is 5.91 Å². The van der Waals surface area contributed by atoms with Crippen molar-refractivity contribution in [2.45, 2.75) is 0 Å². The van der Waals surface area contributed by atoms with Crippen molar-refractivity contribution in [1.29, 1.82) is 5.26 Å². The molecule has 0 atom stereocenters. The summed E-state index contributed by atoms with van der Waals surface area (Å²) in [6.45, 7) is 0. The third kappa shape index (κ3) is 2.24. The highest BCUT2D eigenvalue weighted by atomic mass is 32.1. The van der Waals surface area contributed by atoms with E-state index in [4.69, 9.17) is 5.26 Å². The van der Waals surface area contributed by atoms with Crippen LogP contribution in [0.2, 0.25) is 0 Å². The summed E-state index contributed by atoms with van der Waals surface area (Å²) in [7, 11) is 0. The van der Waals surface area contributed by atoms with Crippen LogP contribution in [0.5, 0.6) is 0 Å². The summed E-state index contributed by atoms with van der Waals surface area (Å²) >= 11 is 1.14. The molecule has 0 saturated heterocycles. The number of aromatic nitrogens is 1. The number of hydrogen-bond donors (Lipinski definition) is 1. The molecule has 0 fully saturated rings. The SMILES string of the molecule is N#Cc1ccc(NC(=O)c2ccns2)cc1. The van der Waals surface area contributed by atoms with Gasteiger partial charge < -0.3 is 5.32 Å². The number of rotatable bonds is 2. The summed E-state index contributed by atoms with van der Waals surface area (Å²) in [5.74, 6) is -0.188. The van der Waals surface area contributed by atoms with Crippen molar-refractivity contribution in [2.24, 2.45) is 0 Å². The van der Waals surface area contributed by atoms with Gasteiger partial charge in [0.25, 0.3) is 5.91 Å². The van der Waals surface area contributed by atoms with Gasteiger partial charge in [-0.2, -0.15) is 5.26 Å². The van der Waals surface area contributed by atoms with Gasteiger partial charge in [-0.05, 0) is 41.9 Å². The summed E-state index contributed by atoms with van der Waals surface area (Å²) < 4.78 is 3.85. The van der Waals surface area contributed by atoms with Crippen molar-refractivity contribution in [3.8, 4) is 6.07 Å². The predicted octanol–water partition coefficient (Wildman–Crippen LogP) is 2.27. The van der Waals surface area contributed by atoms with Gasteiger partial charge in [-0.15, -0.1) is 0 Å². The third-order valence-electron chi connectivity index (χ3n) is 1.93. The number of hydrogen-bond acceptors (Lipinski definition) is 4. The summed E-state index contributed by atoms with van der Waals surface area (Å²) in [5.41, 5.74) is 1.23. The van der Waals surface area contributed by atoms with Gasteiger partial charge in [-0.25, -0.2) is 4.37 Å². The highest BCUT2D eigenvalue weighted by molar-refractivity contribution is 7.08. The molecule has 0 unspecified atom stereocenters. The van der Waals surface area contributed by atoms with Gasteiger partial charge in [0, 0.05) is 11.9 Å². The normalized spacial score (nSPS) is 9.44. The van der Waals surface area contributed by atoms with Gasteiger partial charge in [-0.1, -0.05) is 0 Å². The highest BCUT2D eigenvalue weighted by Crippen LogP contribution is 2.12. The molecule has 1 aromatic carbocycles. The zero-order valence-electron chi connectivity index (χ0n) is 8.18. The molecule has 4 nitrogen and oxygen atoms in total. The number of nitriles is 1. The van der Waals surface area contributed by atoms with E-state index in [1.807, 2.05) is 6.07 Å². The molecular weight excluding hydrogens is 222 g/mol. The molecule has 5 heteroatoms. The van der Waals surface area contributed by atoms with Crippen molar-refractivity contribution >= 4 is 23.1 Å². The Labute approximate surface area is 96.3 Å². The van der Waals surface area contributed by atoms with E-state index in [9.17, 15) is 4.79 Å². The first-order valence-electron chi connectivity index (χ1n) is 4.52. The van der Waals surface area contributed by atoms with E-state index in [2.05, 4.69) is 9.69 Å². The van der Waals surface area contributed by atoms with E-state index >= 15 is 0 Å². The first-order chi connectivity index (χ1) is 7.79. The van der Waals surface area contributed by atoms with Gasteiger partial charge in [-0.3, -0.25) is 4.79 Å². The van der Waals surface area contributed by atoms with Crippen molar-refractivity contribution in [1.82, 2.24) is 4.37 Å². The van der Waals surface area contributed by atoms with Crippen LogP contribution in [-0.4, -0.2) is 10.3 Å². The molecular formula is C11H7N3OS. The summed E-state index contributed by atoms with van der Waals surface area (Å²) in [6.07, 6.45) is 1.58. The first-order valence-corrected chi connectivity index (χ1v) is 5.29. The molecule has 2 rings (SSSR count). The number of benzene rings is 1. The molecule has 0 aliphatic heterocycles. The lowest BCUT2D eigenvalue weighted by Crippen LogP contribution is -2.09. The minimum Gasteiger partial charge on any atom is -0.321 e. The molecule has 0 aliphatic carbocycles. The number of anilines is 1. The van der Waals surface area contributed by atoms with Crippen molar-refractivity contribution in [3.05, 3.63) is 47.0 Å². The van der Waals surface area contributed by atoms with Crippen LogP contribution in [0, 0.1) is 11.3 Å². The van der Waals surface area contributed by atoms with Crippen LogP contribution in [0.4, 0.5) is 5.69 Å². The molecule has 1 aromatic heterocycles. The van der Waals surface area contributed by atoms with Crippen LogP contribution >= 0.6 is 11.5 Å². The molecule has 0 radical (unpaired) electrons. The number of carbonyl (C=O) groups excluding carboxylic acids is 1. The summed E-state index contributed by atoms with van der Waals surface area (Å²) in [6, 6.07) is 10.4. The van der Waals surface area contributed by atoms with Crippen LogP contribution < -0.4 is 5.32 Å². The summed E-state index contributed by atoms with van der Waals surface area (Å²) in [4.78, 5) is 12.2. The number of carbonyl (C=O) groups is 1. The van der Waals surface area contributed by atoms with Crippen molar-refractivity contribution < 1.29 is 4.79 Å². The third-order valence-corrected chi connectivity index (χ3v) is 2.68. The van der Waals surface area contributed by atoms with E-state index in [0.29, 0.717) is 16.1 Å². The Balaban J connectivity index is 2.10. The number of amides is 1. The molecule has 1 amide bonds. The van der Waals surface area contributed by atoms with Gasteiger partial charge in [0.15, 0.2) is 0 Å². The largest absolute Gasteiger partial charge is 0.321 e. The fourth-order valence-electron chi connectivity index (χ4n) is 1.15. The standard InChI is InChI=1S/C11H7N3OS/c12-7-8-1-3-9(4-2-8)14-11(15)10-5-6-13-16-10/h1-6H,(H,14,15). The predicted molar refractivity (Wildman–Crippen MR) is 61.2 cm³/mol. The molecule has 78 valence electrons. The molecule has 1 N–H and O–H groups in total. The van der Waals surface area contributed by atoms with Gasteiger partial charge in [0.05, 0.1) is 11.6 Å². The quantitative estimate of drug-likeness (QED) is 0.859. The van der Waals surface area contributed by atoms with Crippen LogP contribution in [0.25, 0.3) is 0 Å². The second-order valence-electron chi connectivity index (χ2n) is 3.02. The molecule has 2 aromatic rings. The Kier molecular flexibility index (Phi) is 2.94. The van der Waals surface area contributed by atoms with Gasteiger partial charge in [0.2, 0.25) is 0 Å². The monoisotopic (exact) mass is 229 g/mol. The Morgan fingerprint density at radius 3 is 2.62 bits per heavy atom. The van der Waals surface area contributed by atoms with Crippen molar-refractivity contribution in [3.63, 3.8) is 0 Å².